The minimum absolute atomic E-state index is 0.0293. The van der Waals surface area contributed by atoms with E-state index in [2.05, 4.69) is 22.1 Å². The van der Waals surface area contributed by atoms with E-state index >= 15 is 0 Å². The van der Waals surface area contributed by atoms with Crippen LogP contribution in [0.4, 0.5) is 0 Å². The van der Waals surface area contributed by atoms with Crippen LogP contribution >= 0.6 is 0 Å². The molecule has 1 saturated heterocycles. The van der Waals surface area contributed by atoms with Gasteiger partial charge in [0.25, 0.3) is 0 Å². The van der Waals surface area contributed by atoms with Gasteiger partial charge in [0.15, 0.2) is 0 Å². The molecule has 1 aliphatic heterocycles. The highest BCUT2D eigenvalue weighted by Crippen LogP contribution is 2.30. The molecule has 35 heavy (non-hydrogen) atoms. The number of nitrogens with zero attached hydrogens (tertiary/aromatic N) is 5. The number of rotatable bonds is 6. The van der Waals surface area contributed by atoms with Crippen LogP contribution in [0.5, 0.6) is 0 Å². The van der Waals surface area contributed by atoms with Gasteiger partial charge in [0, 0.05) is 54.7 Å². The first-order valence-electron chi connectivity index (χ1n) is 12.2. The first-order valence-corrected chi connectivity index (χ1v) is 12.2. The van der Waals surface area contributed by atoms with Gasteiger partial charge in [0.1, 0.15) is 5.69 Å². The van der Waals surface area contributed by atoms with Gasteiger partial charge in [-0.1, -0.05) is 43.2 Å². The zero-order chi connectivity index (χ0) is 23.9. The second-order valence-corrected chi connectivity index (χ2v) is 8.87. The Morgan fingerprint density at radius 1 is 0.943 bits per heavy atom. The highest BCUT2D eigenvalue weighted by Gasteiger charge is 2.25. The van der Waals surface area contributed by atoms with Crippen LogP contribution in [0, 0.1) is 0 Å². The van der Waals surface area contributed by atoms with Crippen molar-refractivity contribution in [3.8, 4) is 11.3 Å². The summed E-state index contributed by atoms with van der Waals surface area (Å²) in [7, 11) is 0. The molecule has 0 bridgehead atoms. The maximum absolute atomic E-state index is 13.4. The predicted octanol–water partition coefficient (Wildman–Crippen LogP) is 5.55. The third kappa shape index (κ3) is 5.54. The summed E-state index contributed by atoms with van der Waals surface area (Å²) < 4.78 is 1.92. The van der Waals surface area contributed by atoms with Gasteiger partial charge in [-0.05, 0) is 54.3 Å². The molecule has 5 rings (SSSR count). The van der Waals surface area contributed by atoms with Crippen LogP contribution in [0.3, 0.4) is 0 Å². The summed E-state index contributed by atoms with van der Waals surface area (Å²) in [4.78, 5) is 23.9. The molecule has 1 unspecified atom stereocenters. The number of amides is 1. The summed E-state index contributed by atoms with van der Waals surface area (Å²) in [5.74, 6) is 0.0293. The lowest BCUT2D eigenvalue weighted by molar-refractivity contribution is -0.128. The molecule has 1 aliphatic rings. The molecule has 1 amide bonds. The summed E-state index contributed by atoms with van der Waals surface area (Å²) in [6.45, 7) is 1.42. The van der Waals surface area contributed by atoms with Crippen molar-refractivity contribution in [2.75, 3.05) is 6.54 Å². The number of pyridine rings is 2. The fraction of sp³-hybridized carbons (Fsp3) is 0.241. The average Bonchev–Trinajstić information content (AvgIpc) is 3.14. The van der Waals surface area contributed by atoms with Crippen molar-refractivity contribution in [3.05, 3.63) is 108 Å². The van der Waals surface area contributed by atoms with E-state index in [1.165, 1.54) is 5.56 Å². The van der Waals surface area contributed by atoms with Gasteiger partial charge in [0.05, 0.1) is 12.6 Å². The van der Waals surface area contributed by atoms with Gasteiger partial charge in [0.2, 0.25) is 5.91 Å². The summed E-state index contributed by atoms with van der Waals surface area (Å²) in [5.41, 5.74) is 4.97. The fourth-order valence-electron chi connectivity index (χ4n) is 4.70. The number of carbonyl (C=O) groups excluding carboxylic acids is 1. The molecule has 0 saturated carbocycles. The van der Waals surface area contributed by atoms with Crippen molar-refractivity contribution in [1.82, 2.24) is 24.6 Å². The molecular weight excluding hydrogens is 434 g/mol. The van der Waals surface area contributed by atoms with Gasteiger partial charge in [-0.3, -0.25) is 19.4 Å². The molecule has 4 heterocycles. The van der Waals surface area contributed by atoms with Crippen LogP contribution < -0.4 is 0 Å². The van der Waals surface area contributed by atoms with Crippen molar-refractivity contribution in [2.45, 2.75) is 38.3 Å². The van der Waals surface area contributed by atoms with Crippen molar-refractivity contribution in [1.29, 1.82) is 0 Å². The zero-order valence-electron chi connectivity index (χ0n) is 19.7. The van der Waals surface area contributed by atoms with Crippen LogP contribution in [-0.4, -0.2) is 37.1 Å². The van der Waals surface area contributed by atoms with E-state index in [0.717, 1.165) is 54.6 Å². The molecule has 0 spiro atoms. The summed E-state index contributed by atoms with van der Waals surface area (Å²) in [6.07, 6.45) is 17.0. The topological polar surface area (TPSA) is 63.9 Å². The van der Waals surface area contributed by atoms with Gasteiger partial charge >= 0.3 is 0 Å². The Bertz CT molecular complexity index is 1270. The van der Waals surface area contributed by atoms with E-state index in [1.807, 2.05) is 70.5 Å². The summed E-state index contributed by atoms with van der Waals surface area (Å²) in [6, 6.07) is 18.3. The second-order valence-electron chi connectivity index (χ2n) is 8.87. The molecule has 0 aliphatic carbocycles. The second kappa shape index (κ2) is 10.9. The number of hydrogen-bond acceptors (Lipinski definition) is 4. The van der Waals surface area contributed by atoms with E-state index in [0.29, 0.717) is 6.54 Å². The number of benzene rings is 1. The molecular formula is C29H29N5O. The molecule has 4 aromatic rings. The Morgan fingerprint density at radius 3 is 2.60 bits per heavy atom. The third-order valence-electron chi connectivity index (χ3n) is 6.44. The van der Waals surface area contributed by atoms with Gasteiger partial charge < -0.3 is 4.90 Å². The van der Waals surface area contributed by atoms with Crippen molar-refractivity contribution in [3.63, 3.8) is 0 Å². The highest BCUT2D eigenvalue weighted by atomic mass is 16.2. The van der Waals surface area contributed by atoms with E-state index in [4.69, 9.17) is 5.10 Å². The molecule has 3 aromatic heterocycles. The lowest BCUT2D eigenvalue weighted by atomic mass is 10.0. The number of aromatic nitrogens is 4. The predicted molar refractivity (Wildman–Crippen MR) is 137 cm³/mol. The third-order valence-corrected chi connectivity index (χ3v) is 6.44. The minimum Gasteiger partial charge on any atom is -0.332 e. The fourth-order valence-corrected chi connectivity index (χ4v) is 4.70. The molecule has 1 atom stereocenters. The summed E-state index contributed by atoms with van der Waals surface area (Å²) in [5, 5.41) is 4.84. The highest BCUT2D eigenvalue weighted by molar-refractivity contribution is 5.93. The van der Waals surface area contributed by atoms with Crippen molar-refractivity contribution in [2.24, 2.45) is 0 Å². The maximum Gasteiger partial charge on any atom is 0.247 e. The Kier molecular flexibility index (Phi) is 7.08. The van der Waals surface area contributed by atoms with Crippen LogP contribution in [0.15, 0.2) is 91.7 Å². The lowest BCUT2D eigenvalue weighted by Crippen LogP contribution is -2.33. The minimum atomic E-state index is 0.0293. The van der Waals surface area contributed by atoms with E-state index in [1.54, 1.807) is 24.7 Å². The maximum atomic E-state index is 13.4. The van der Waals surface area contributed by atoms with E-state index < -0.39 is 0 Å². The van der Waals surface area contributed by atoms with Crippen LogP contribution in [-0.2, 0) is 11.3 Å². The first-order chi connectivity index (χ1) is 17.3. The van der Waals surface area contributed by atoms with Crippen molar-refractivity contribution >= 4 is 12.0 Å². The van der Waals surface area contributed by atoms with E-state index in [-0.39, 0.29) is 11.9 Å². The van der Waals surface area contributed by atoms with Crippen LogP contribution in [0.1, 0.15) is 48.4 Å². The Balaban J connectivity index is 1.43. The molecule has 1 aromatic carbocycles. The van der Waals surface area contributed by atoms with Gasteiger partial charge in [-0.15, -0.1) is 0 Å². The van der Waals surface area contributed by atoms with Crippen LogP contribution in [0.25, 0.3) is 17.3 Å². The first kappa shape index (κ1) is 22.7. The lowest BCUT2D eigenvalue weighted by Gasteiger charge is -2.29. The molecule has 176 valence electrons. The number of likely N-dealkylation sites (tertiary alicyclic amines) is 1. The van der Waals surface area contributed by atoms with Gasteiger partial charge in [-0.25, -0.2) is 0 Å². The normalized spacial score (nSPS) is 16.3. The Labute approximate surface area is 206 Å². The summed E-state index contributed by atoms with van der Waals surface area (Å²) >= 11 is 0. The molecule has 0 radical (unpaired) electrons. The Hall–Kier alpha value is -4.06. The molecule has 1 fully saturated rings. The monoisotopic (exact) mass is 463 g/mol. The Morgan fingerprint density at radius 2 is 1.80 bits per heavy atom. The number of hydrogen-bond donors (Lipinski definition) is 0. The zero-order valence-corrected chi connectivity index (χ0v) is 19.7. The largest absolute Gasteiger partial charge is 0.332 e. The quantitative estimate of drug-likeness (QED) is 0.352. The average molecular weight is 464 g/mol. The standard InChI is InChI=1S/C29H29N5O/c35-28(34-19-6-2-5-11-27(34)24-14-17-30-18-15-24)13-12-26-22-33(21-23-8-3-1-4-9-23)32-29(26)25-10-7-16-31-20-25/h1,3-4,7-10,12-18,20,22,27H,2,5-6,11,19,21H2/b13-12+. The number of carbonyl (C=O) groups is 1. The molecule has 6 heteroatoms. The molecule has 0 N–H and O–H groups in total. The molecule has 6 nitrogen and oxygen atoms in total. The SMILES string of the molecule is O=C(/C=C/c1cn(Cc2ccccc2)nc1-c1cccnc1)N1CCCCCC1c1ccncc1. The smallest absolute Gasteiger partial charge is 0.247 e. The van der Waals surface area contributed by atoms with E-state index in [9.17, 15) is 4.79 Å². The van der Waals surface area contributed by atoms with Gasteiger partial charge in [-0.2, -0.15) is 5.10 Å². The van der Waals surface area contributed by atoms with Crippen LogP contribution in [0.2, 0.25) is 0 Å². The van der Waals surface area contributed by atoms with Crippen molar-refractivity contribution < 1.29 is 4.79 Å².